The van der Waals surface area contributed by atoms with Crippen molar-refractivity contribution in [2.24, 2.45) is 0 Å². The molecule has 0 aliphatic rings. The minimum absolute atomic E-state index is 0.128. The molecule has 0 saturated carbocycles. The third kappa shape index (κ3) is 1.85. The van der Waals surface area contributed by atoms with Crippen LogP contribution in [0.1, 0.15) is 16.7 Å². The number of aliphatic hydroxyl groups is 2. The highest BCUT2D eigenvalue weighted by atomic mass is 16.5. The van der Waals surface area contributed by atoms with Crippen molar-refractivity contribution in [3.63, 3.8) is 0 Å². The maximum Gasteiger partial charge on any atom is 0.150 e. The molecule has 17 heavy (non-hydrogen) atoms. The first-order chi connectivity index (χ1) is 8.22. The molecule has 90 valence electrons. The third-order valence-corrected chi connectivity index (χ3v) is 2.94. The summed E-state index contributed by atoms with van der Waals surface area (Å²) >= 11 is 0. The molecule has 0 radical (unpaired) electrons. The van der Waals surface area contributed by atoms with Gasteiger partial charge in [-0.15, -0.1) is 0 Å². The van der Waals surface area contributed by atoms with Crippen LogP contribution in [0.5, 0.6) is 5.75 Å². The van der Waals surface area contributed by atoms with Gasteiger partial charge in [-0.25, -0.2) is 0 Å². The highest BCUT2D eigenvalue weighted by Gasteiger charge is 2.14. The number of ether oxygens (including phenoxy) is 1. The van der Waals surface area contributed by atoms with Gasteiger partial charge in [-0.1, -0.05) is 0 Å². The van der Waals surface area contributed by atoms with Gasteiger partial charge >= 0.3 is 0 Å². The number of aryl methyl sites for hydroxylation is 1. The van der Waals surface area contributed by atoms with Crippen LogP contribution < -0.4 is 4.74 Å². The van der Waals surface area contributed by atoms with Crippen molar-refractivity contribution in [2.75, 3.05) is 7.11 Å². The number of hydrogen-bond acceptors (Lipinski definition) is 4. The van der Waals surface area contributed by atoms with E-state index in [0.717, 1.165) is 10.9 Å². The van der Waals surface area contributed by atoms with Gasteiger partial charge in [0.25, 0.3) is 0 Å². The summed E-state index contributed by atoms with van der Waals surface area (Å²) in [5.74, 6) is 0.540. The first-order valence-corrected chi connectivity index (χ1v) is 5.38. The summed E-state index contributed by atoms with van der Waals surface area (Å²) in [6.45, 7) is 1.67. The van der Waals surface area contributed by atoms with Crippen molar-refractivity contribution < 1.29 is 14.9 Å². The zero-order valence-electron chi connectivity index (χ0n) is 9.90. The van der Waals surface area contributed by atoms with E-state index in [2.05, 4.69) is 4.98 Å². The van der Waals surface area contributed by atoms with Gasteiger partial charge in [-0.3, -0.25) is 4.98 Å². The third-order valence-electron chi connectivity index (χ3n) is 2.94. The van der Waals surface area contributed by atoms with Crippen LogP contribution in [0, 0.1) is 6.92 Å². The smallest absolute Gasteiger partial charge is 0.150 e. The fourth-order valence-corrected chi connectivity index (χ4v) is 2.02. The second kappa shape index (κ2) is 4.69. The number of methoxy groups -OCH3 is 1. The lowest BCUT2D eigenvalue weighted by Crippen LogP contribution is -2.01. The molecule has 0 aliphatic heterocycles. The van der Waals surface area contributed by atoms with Gasteiger partial charge in [0.05, 0.1) is 20.3 Å². The molecular formula is C13H15NO3. The molecule has 0 saturated heterocycles. The number of hydrogen-bond donors (Lipinski definition) is 2. The average molecular weight is 233 g/mol. The molecule has 4 nitrogen and oxygen atoms in total. The summed E-state index contributed by atoms with van der Waals surface area (Å²) in [5.41, 5.74) is 3.05. The Morgan fingerprint density at radius 2 is 2.06 bits per heavy atom. The van der Waals surface area contributed by atoms with Gasteiger partial charge in [0.1, 0.15) is 5.52 Å². The number of benzene rings is 1. The van der Waals surface area contributed by atoms with E-state index < -0.39 is 0 Å². The van der Waals surface area contributed by atoms with Crippen molar-refractivity contribution in [1.82, 2.24) is 4.98 Å². The van der Waals surface area contributed by atoms with Gasteiger partial charge in [0.2, 0.25) is 0 Å². The number of aromatic nitrogens is 1. The maximum absolute atomic E-state index is 9.37. The van der Waals surface area contributed by atoms with Crippen LogP contribution in [0.3, 0.4) is 0 Å². The topological polar surface area (TPSA) is 62.6 Å². The molecule has 0 bridgehead atoms. The molecule has 4 heteroatoms. The molecule has 0 amide bonds. The second-order valence-electron chi connectivity index (χ2n) is 3.89. The molecule has 1 aromatic heterocycles. The van der Waals surface area contributed by atoms with Crippen LogP contribution in [-0.4, -0.2) is 22.3 Å². The Bertz CT molecular complexity index is 552. The molecule has 0 atom stereocenters. The standard InChI is InChI=1S/C13H15NO3/c1-8-3-4-14-12-10(8)5-9(6-15)11(7-16)13(12)17-2/h3-5,15-16H,6-7H2,1-2H3. The number of pyridine rings is 1. The summed E-state index contributed by atoms with van der Waals surface area (Å²) in [6.07, 6.45) is 1.71. The lowest BCUT2D eigenvalue weighted by atomic mass is 10.0. The van der Waals surface area contributed by atoms with Crippen molar-refractivity contribution in [3.8, 4) is 5.75 Å². The molecule has 0 unspecified atom stereocenters. The van der Waals surface area contributed by atoms with Crippen LogP contribution in [0.4, 0.5) is 0 Å². The van der Waals surface area contributed by atoms with Crippen molar-refractivity contribution in [1.29, 1.82) is 0 Å². The molecular weight excluding hydrogens is 218 g/mol. The molecule has 1 heterocycles. The summed E-state index contributed by atoms with van der Waals surface area (Å²) < 4.78 is 5.31. The normalized spacial score (nSPS) is 10.8. The van der Waals surface area contributed by atoms with E-state index in [4.69, 9.17) is 4.74 Å². The molecule has 2 aromatic rings. The van der Waals surface area contributed by atoms with Crippen LogP contribution in [0.2, 0.25) is 0 Å². The van der Waals surface area contributed by atoms with Crippen LogP contribution in [0.15, 0.2) is 18.3 Å². The zero-order valence-corrected chi connectivity index (χ0v) is 9.90. The van der Waals surface area contributed by atoms with E-state index in [1.807, 2.05) is 19.1 Å². The molecule has 0 fully saturated rings. The lowest BCUT2D eigenvalue weighted by Gasteiger charge is -2.14. The first-order valence-electron chi connectivity index (χ1n) is 5.38. The Morgan fingerprint density at radius 1 is 1.29 bits per heavy atom. The maximum atomic E-state index is 9.37. The number of fused-ring (bicyclic) bond motifs is 1. The Morgan fingerprint density at radius 3 is 2.65 bits per heavy atom. The second-order valence-corrected chi connectivity index (χ2v) is 3.89. The van der Waals surface area contributed by atoms with Crippen molar-refractivity contribution in [2.45, 2.75) is 20.1 Å². The molecule has 0 spiro atoms. The molecule has 2 rings (SSSR count). The Kier molecular flexibility index (Phi) is 3.26. The monoisotopic (exact) mass is 233 g/mol. The van der Waals surface area contributed by atoms with Gasteiger partial charge < -0.3 is 14.9 Å². The van der Waals surface area contributed by atoms with E-state index >= 15 is 0 Å². The average Bonchev–Trinajstić information content (AvgIpc) is 2.36. The largest absolute Gasteiger partial charge is 0.494 e. The highest BCUT2D eigenvalue weighted by Crippen LogP contribution is 2.32. The van der Waals surface area contributed by atoms with Gasteiger partial charge in [0, 0.05) is 17.1 Å². The SMILES string of the molecule is COc1c(CO)c(CO)cc2c(C)ccnc12. The van der Waals surface area contributed by atoms with Crippen LogP contribution in [0.25, 0.3) is 10.9 Å². The van der Waals surface area contributed by atoms with E-state index in [-0.39, 0.29) is 13.2 Å². The minimum Gasteiger partial charge on any atom is -0.494 e. The number of nitrogens with zero attached hydrogens (tertiary/aromatic N) is 1. The summed E-state index contributed by atoms with van der Waals surface area (Å²) in [7, 11) is 1.54. The molecule has 2 N–H and O–H groups in total. The fourth-order valence-electron chi connectivity index (χ4n) is 2.02. The number of aliphatic hydroxyl groups excluding tert-OH is 2. The summed E-state index contributed by atoms with van der Waals surface area (Å²) in [4.78, 5) is 4.28. The minimum atomic E-state index is -0.176. The lowest BCUT2D eigenvalue weighted by molar-refractivity contribution is 0.254. The highest BCUT2D eigenvalue weighted by molar-refractivity contribution is 5.89. The van der Waals surface area contributed by atoms with Crippen LogP contribution >= 0.6 is 0 Å². The van der Waals surface area contributed by atoms with E-state index in [0.29, 0.717) is 22.4 Å². The van der Waals surface area contributed by atoms with Crippen LogP contribution in [-0.2, 0) is 13.2 Å². The summed E-state index contributed by atoms with van der Waals surface area (Å²) in [6, 6.07) is 3.76. The van der Waals surface area contributed by atoms with Gasteiger partial charge in [0.15, 0.2) is 5.75 Å². The van der Waals surface area contributed by atoms with Crippen molar-refractivity contribution in [3.05, 3.63) is 35.0 Å². The predicted octanol–water partition coefficient (Wildman–Crippen LogP) is 1.54. The van der Waals surface area contributed by atoms with E-state index in [1.54, 1.807) is 13.3 Å². The van der Waals surface area contributed by atoms with E-state index in [9.17, 15) is 10.2 Å². The van der Waals surface area contributed by atoms with Crippen molar-refractivity contribution >= 4 is 10.9 Å². The molecule has 1 aromatic carbocycles. The quantitative estimate of drug-likeness (QED) is 0.844. The van der Waals surface area contributed by atoms with Gasteiger partial charge in [-0.05, 0) is 30.2 Å². The van der Waals surface area contributed by atoms with E-state index in [1.165, 1.54) is 0 Å². The Balaban J connectivity index is 2.88. The zero-order chi connectivity index (χ0) is 12.4. The molecule has 0 aliphatic carbocycles. The fraction of sp³-hybridized carbons (Fsp3) is 0.308. The predicted molar refractivity (Wildman–Crippen MR) is 64.9 cm³/mol. The first kappa shape index (κ1) is 11.8. The Hall–Kier alpha value is -1.65. The number of rotatable bonds is 3. The van der Waals surface area contributed by atoms with Gasteiger partial charge in [-0.2, -0.15) is 0 Å². The summed E-state index contributed by atoms with van der Waals surface area (Å²) in [5, 5.41) is 19.6. The Labute approximate surface area is 99.5 Å².